The molecule has 3 atom stereocenters. The van der Waals surface area contributed by atoms with Gasteiger partial charge in [0.1, 0.15) is 0 Å². The molecule has 0 radical (unpaired) electrons. The van der Waals surface area contributed by atoms with Gasteiger partial charge in [0.2, 0.25) is 0 Å². The Balaban J connectivity index is 2.19. The summed E-state index contributed by atoms with van der Waals surface area (Å²) in [7, 11) is 0. The normalized spacial score (nSPS) is 28.2. The standard InChI is InChI=1S/C12H15ClN2O2/c1-7-10(6-11(16)17)12(15-14-7)8-2-4-9(13)5-3-8/h2-5,7,10,12,14-15H,6H2,1H3,(H,16,17). The monoisotopic (exact) mass is 254 g/mol. The van der Waals surface area contributed by atoms with Crippen molar-refractivity contribution in [3.63, 3.8) is 0 Å². The predicted molar refractivity (Wildman–Crippen MR) is 65.7 cm³/mol. The molecular formula is C12H15ClN2O2. The highest BCUT2D eigenvalue weighted by Crippen LogP contribution is 2.31. The van der Waals surface area contributed by atoms with Crippen LogP contribution in [0.3, 0.4) is 0 Å². The summed E-state index contributed by atoms with van der Waals surface area (Å²) in [6.07, 6.45) is 0.147. The van der Waals surface area contributed by atoms with E-state index < -0.39 is 5.97 Å². The second-order valence-electron chi connectivity index (χ2n) is 4.37. The summed E-state index contributed by atoms with van der Waals surface area (Å²) < 4.78 is 0. The second kappa shape index (κ2) is 5.04. The van der Waals surface area contributed by atoms with Crippen LogP contribution in [0.4, 0.5) is 0 Å². The number of hydrogen-bond acceptors (Lipinski definition) is 3. The van der Waals surface area contributed by atoms with Gasteiger partial charge < -0.3 is 5.11 Å². The van der Waals surface area contributed by atoms with E-state index in [-0.39, 0.29) is 24.4 Å². The molecule has 1 aliphatic heterocycles. The minimum atomic E-state index is -0.772. The molecular weight excluding hydrogens is 240 g/mol. The van der Waals surface area contributed by atoms with Crippen molar-refractivity contribution in [1.82, 2.24) is 10.9 Å². The Kier molecular flexibility index (Phi) is 3.66. The zero-order valence-electron chi connectivity index (χ0n) is 9.48. The molecule has 1 aliphatic rings. The molecule has 1 aromatic rings. The van der Waals surface area contributed by atoms with E-state index in [1.54, 1.807) is 0 Å². The Morgan fingerprint density at radius 3 is 2.59 bits per heavy atom. The average molecular weight is 255 g/mol. The van der Waals surface area contributed by atoms with Crippen molar-refractivity contribution in [2.24, 2.45) is 5.92 Å². The van der Waals surface area contributed by atoms with E-state index in [9.17, 15) is 4.79 Å². The first-order valence-electron chi connectivity index (χ1n) is 5.56. The summed E-state index contributed by atoms with van der Waals surface area (Å²) in [5.41, 5.74) is 7.29. The number of hydrogen-bond donors (Lipinski definition) is 3. The topological polar surface area (TPSA) is 61.4 Å². The number of benzene rings is 1. The zero-order chi connectivity index (χ0) is 12.4. The van der Waals surface area contributed by atoms with Crippen LogP contribution < -0.4 is 10.9 Å². The molecule has 17 heavy (non-hydrogen) atoms. The summed E-state index contributed by atoms with van der Waals surface area (Å²) in [6, 6.07) is 7.63. The predicted octanol–water partition coefficient (Wildman–Crippen LogP) is 1.97. The van der Waals surface area contributed by atoms with E-state index in [4.69, 9.17) is 16.7 Å². The van der Waals surface area contributed by atoms with Crippen LogP contribution >= 0.6 is 11.6 Å². The summed E-state index contributed by atoms with van der Waals surface area (Å²) in [5.74, 6) is -0.736. The molecule has 92 valence electrons. The average Bonchev–Trinajstić information content (AvgIpc) is 2.61. The number of carboxylic acid groups (broad SMARTS) is 1. The third kappa shape index (κ3) is 2.77. The molecule has 4 nitrogen and oxygen atoms in total. The molecule has 1 aromatic carbocycles. The van der Waals surface area contributed by atoms with Crippen LogP contribution in [0.25, 0.3) is 0 Å². The van der Waals surface area contributed by atoms with E-state index in [0.717, 1.165) is 5.56 Å². The van der Waals surface area contributed by atoms with Crippen molar-refractivity contribution < 1.29 is 9.90 Å². The molecule has 0 bridgehead atoms. The number of aliphatic carboxylic acids is 1. The Labute approximate surface area is 105 Å². The van der Waals surface area contributed by atoms with Crippen molar-refractivity contribution in [3.05, 3.63) is 34.9 Å². The lowest BCUT2D eigenvalue weighted by molar-refractivity contribution is -0.138. The number of carboxylic acids is 1. The van der Waals surface area contributed by atoms with Crippen LogP contribution in [-0.4, -0.2) is 17.1 Å². The van der Waals surface area contributed by atoms with Crippen molar-refractivity contribution in [3.8, 4) is 0 Å². The molecule has 0 amide bonds. The quantitative estimate of drug-likeness (QED) is 0.772. The van der Waals surface area contributed by atoms with Crippen LogP contribution in [0.15, 0.2) is 24.3 Å². The summed E-state index contributed by atoms with van der Waals surface area (Å²) in [6.45, 7) is 1.98. The Morgan fingerprint density at radius 1 is 1.35 bits per heavy atom. The van der Waals surface area contributed by atoms with Crippen LogP contribution in [0, 0.1) is 5.92 Å². The van der Waals surface area contributed by atoms with E-state index in [1.807, 2.05) is 31.2 Å². The van der Waals surface area contributed by atoms with Gasteiger partial charge in [0, 0.05) is 17.0 Å². The van der Waals surface area contributed by atoms with Gasteiger partial charge in [0.15, 0.2) is 0 Å². The summed E-state index contributed by atoms with van der Waals surface area (Å²) >= 11 is 5.84. The maximum absolute atomic E-state index is 10.9. The minimum Gasteiger partial charge on any atom is -0.481 e. The molecule has 1 heterocycles. The first-order chi connectivity index (χ1) is 8.08. The van der Waals surface area contributed by atoms with Crippen LogP contribution in [0.2, 0.25) is 5.02 Å². The first kappa shape index (κ1) is 12.4. The lowest BCUT2D eigenvalue weighted by atomic mass is 9.88. The SMILES string of the molecule is CC1NNC(c2ccc(Cl)cc2)C1CC(=O)O. The number of halogens is 1. The lowest BCUT2D eigenvalue weighted by Crippen LogP contribution is -2.29. The number of hydrazine groups is 1. The van der Waals surface area contributed by atoms with Crippen molar-refractivity contribution in [2.75, 3.05) is 0 Å². The Morgan fingerprint density at radius 2 is 2.00 bits per heavy atom. The fourth-order valence-corrected chi connectivity index (χ4v) is 2.35. The molecule has 3 unspecified atom stereocenters. The summed E-state index contributed by atoms with van der Waals surface area (Å²) in [5, 5.41) is 9.61. The molecule has 5 heteroatoms. The van der Waals surface area contributed by atoms with Gasteiger partial charge in [0.25, 0.3) is 0 Å². The largest absolute Gasteiger partial charge is 0.481 e. The van der Waals surface area contributed by atoms with Crippen molar-refractivity contribution in [1.29, 1.82) is 0 Å². The maximum Gasteiger partial charge on any atom is 0.303 e. The molecule has 1 saturated heterocycles. The highest BCUT2D eigenvalue weighted by Gasteiger charge is 2.35. The van der Waals surface area contributed by atoms with Crippen LogP contribution in [0.5, 0.6) is 0 Å². The molecule has 1 fully saturated rings. The lowest BCUT2D eigenvalue weighted by Gasteiger charge is -2.19. The highest BCUT2D eigenvalue weighted by atomic mass is 35.5. The highest BCUT2D eigenvalue weighted by molar-refractivity contribution is 6.30. The number of rotatable bonds is 3. The van der Waals surface area contributed by atoms with Gasteiger partial charge in [-0.2, -0.15) is 0 Å². The van der Waals surface area contributed by atoms with E-state index in [1.165, 1.54) is 0 Å². The maximum atomic E-state index is 10.9. The van der Waals surface area contributed by atoms with Gasteiger partial charge in [-0.3, -0.25) is 10.2 Å². The number of carbonyl (C=O) groups is 1. The second-order valence-corrected chi connectivity index (χ2v) is 4.80. The van der Waals surface area contributed by atoms with E-state index in [0.29, 0.717) is 5.02 Å². The number of nitrogens with one attached hydrogen (secondary N) is 2. The van der Waals surface area contributed by atoms with Crippen LogP contribution in [0.1, 0.15) is 24.9 Å². The smallest absolute Gasteiger partial charge is 0.303 e. The minimum absolute atomic E-state index is 0.0124. The van der Waals surface area contributed by atoms with Crippen molar-refractivity contribution >= 4 is 17.6 Å². The molecule has 0 aliphatic carbocycles. The third-order valence-electron chi connectivity index (χ3n) is 3.18. The first-order valence-corrected chi connectivity index (χ1v) is 5.94. The van der Waals surface area contributed by atoms with Crippen molar-refractivity contribution in [2.45, 2.75) is 25.4 Å². The molecule has 2 rings (SSSR count). The zero-order valence-corrected chi connectivity index (χ0v) is 10.2. The van der Waals surface area contributed by atoms with Gasteiger partial charge in [0.05, 0.1) is 12.5 Å². The van der Waals surface area contributed by atoms with E-state index >= 15 is 0 Å². The third-order valence-corrected chi connectivity index (χ3v) is 3.43. The fourth-order valence-electron chi connectivity index (χ4n) is 2.22. The Hall–Kier alpha value is -1.10. The van der Waals surface area contributed by atoms with E-state index in [2.05, 4.69) is 10.9 Å². The molecule has 3 N–H and O–H groups in total. The van der Waals surface area contributed by atoms with Gasteiger partial charge in [-0.05, 0) is 24.6 Å². The van der Waals surface area contributed by atoms with Gasteiger partial charge in [-0.1, -0.05) is 23.7 Å². The van der Waals surface area contributed by atoms with Gasteiger partial charge in [-0.15, -0.1) is 0 Å². The molecule has 0 aromatic heterocycles. The fraction of sp³-hybridized carbons (Fsp3) is 0.417. The summed E-state index contributed by atoms with van der Waals surface area (Å²) in [4.78, 5) is 10.9. The van der Waals surface area contributed by atoms with Gasteiger partial charge >= 0.3 is 5.97 Å². The van der Waals surface area contributed by atoms with Gasteiger partial charge in [-0.25, -0.2) is 5.43 Å². The van der Waals surface area contributed by atoms with Crippen LogP contribution in [-0.2, 0) is 4.79 Å². The Bertz CT molecular complexity index is 407. The molecule has 0 saturated carbocycles. The molecule has 0 spiro atoms.